The van der Waals surface area contributed by atoms with Gasteiger partial charge in [-0.15, -0.1) is 0 Å². The average Bonchev–Trinajstić information content (AvgIpc) is 2.48. The van der Waals surface area contributed by atoms with Gasteiger partial charge >= 0.3 is 0 Å². The van der Waals surface area contributed by atoms with E-state index < -0.39 is 0 Å². The maximum atomic E-state index is 5.94. The normalized spacial score (nSPS) is 13.1. The predicted octanol–water partition coefficient (Wildman–Crippen LogP) is 4.58. The number of para-hydroxylation sites is 1. The first-order valence-electron chi connectivity index (χ1n) is 6.65. The zero-order valence-corrected chi connectivity index (χ0v) is 11.4. The lowest BCUT2D eigenvalue weighted by Crippen LogP contribution is -2.14. The van der Waals surface area contributed by atoms with Gasteiger partial charge in [-0.3, -0.25) is 0 Å². The van der Waals surface area contributed by atoms with Gasteiger partial charge < -0.3 is 4.74 Å². The monoisotopic (exact) mass is 253 g/mol. The molecule has 0 amide bonds. The van der Waals surface area contributed by atoms with E-state index in [0.29, 0.717) is 5.90 Å². The zero-order chi connectivity index (χ0) is 13.5. The summed E-state index contributed by atoms with van der Waals surface area (Å²) in [7, 11) is 0. The largest absolute Gasteiger partial charge is 0.474 e. The van der Waals surface area contributed by atoms with Crippen molar-refractivity contribution in [2.24, 2.45) is 4.99 Å². The van der Waals surface area contributed by atoms with Crippen LogP contribution in [0, 0.1) is 0 Å². The van der Waals surface area contributed by atoms with Gasteiger partial charge in [0.25, 0.3) is 0 Å². The standard InChI is InChI=1S/C17H19NO/c1-3-14(2)19-17(15-10-6-4-7-11-15)18-16-12-8-5-9-13-16/h4-14H,3H2,1-2H3/t14-/m0/s1. The molecule has 0 bridgehead atoms. The summed E-state index contributed by atoms with van der Waals surface area (Å²) in [5, 5.41) is 0. The second-order valence-corrected chi connectivity index (χ2v) is 4.46. The molecule has 2 nitrogen and oxygen atoms in total. The van der Waals surface area contributed by atoms with Crippen molar-refractivity contribution in [2.45, 2.75) is 26.4 Å². The Morgan fingerprint density at radius 1 is 1.00 bits per heavy atom. The molecule has 0 saturated heterocycles. The maximum absolute atomic E-state index is 5.94. The van der Waals surface area contributed by atoms with E-state index in [0.717, 1.165) is 17.7 Å². The summed E-state index contributed by atoms with van der Waals surface area (Å²) in [5.41, 5.74) is 1.91. The minimum atomic E-state index is 0.155. The number of ether oxygens (including phenoxy) is 1. The molecule has 0 unspecified atom stereocenters. The SMILES string of the molecule is CC[C@H](C)OC(=Nc1ccccc1)c1ccccc1. The first-order chi connectivity index (χ1) is 9.29. The summed E-state index contributed by atoms with van der Waals surface area (Å²) in [6.45, 7) is 4.17. The van der Waals surface area contributed by atoms with Crippen molar-refractivity contribution < 1.29 is 4.74 Å². The lowest BCUT2D eigenvalue weighted by Gasteiger charge is -2.15. The summed E-state index contributed by atoms with van der Waals surface area (Å²) in [6, 6.07) is 19.9. The third kappa shape index (κ3) is 3.95. The van der Waals surface area contributed by atoms with Crippen molar-refractivity contribution in [3.8, 4) is 0 Å². The van der Waals surface area contributed by atoms with E-state index in [1.165, 1.54) is 0 Å². The molecule has 0 spiro atoms. The Morgan fingerprint density at radius 2 is 1.58 bits per heavy atom. The molecular weight excluding hydrogens is 234 g/mol. The highest BCUT2D eigenvalue weighted by molar-refractivity contribution is 5.95. The van der Waals surface area contributed by atoms with Crippen molar-refractivity contribution in [3.05, 3.63) is 66.2 Å². The van der Waals surface area contributed by atoms with Crippen LogP contribution >= 0.6 is 0 Å². The minimum Gasteiger partial charge on any atom is -0.474 e. The van der Waals surface area contributed by atoms with Crippen LogP contribution in [0.4, 0.5) is 5.69 Å². The van der Waals surface area contributed by atoms with Gasteiger partial charge in [0.15, 0.2) is 0 Å². The molecule has 0 N–H and O–H groups in total. The molecule has 1 atom stereocenters. The Balaban J connectivity index is 2.32. The lowest BCUT2D eigenvalue weighted by molar-refractivity contribution is 0.205. The maximum Gasteiger partial charge on any atom is 0.221 e. The van der Waals surface area contributed by atoms with Crippen LogP contribution in [0.3, 0.4) is 0 Å². The number of benzene rings is 2. The summed E-state index contributed by atoms with van der Waals surface area (Å²) in [5.74, 6) is 0.682. The van der Waals surface area contributed by atoms with Gasteiger partial charge in [-0.1, -0.05) is 43.3 Å². The van der Waals surface area contributed by atoms with E-state index in [-0.39, 0.29) is 6.10 Å². The Labute approximate surface area is 114 Å². The quantitative estimate of drug-likeness (QED) is 0.577. The fourth-order valence-corrected chi connectivity index (χ4v) is 1.63. The van der Waals surface area contributed by atoms with Crippen LogP contribution < -0.4 is 0 Å². The summed E-state index contributed by atoms with van der Waals surface area (Å²) >= 11 is 0. The topological polar surface area (TPSA) is 21.6 Å². The van der Waals surface area contributed by atoms with Gasteiger partial charge in [-0.2, -0.15) is 0 Å². The molecular formula is C17H19NO. The van der Waals surface area contributed by atoms with E-state index in [9.17, 15) is 0 Å². The molecule has 98 valence electrons. The van der Waals surface area contributed by atoms with Crippen molar-refractivity contribution >= 4 is 11.6 Å². The van der Waals surface area contributed by atoms with Gasteiger partial charge in [0.1, 0.15) is 0 Å². The Hall–Kier alpha value is -2.09. The molecule has 0 aliphatic rings. The van der Waals surface area contributed by atoms with Crippen LogP contribution in [0.5, 0.6) is 0 Å². The Bertz CT molecular complexity index is 519. The molecule has 2 rings (SSSR count). The lowest BCUT2D eigenvalue weighted by atomic mass is 10.2. The van der Waals surface area contributed by atoms with E-state index in [4.69, 9.17) is 4.74 Å². The van der Waals surface area contributed by atoms with Gasteiger partial charge in [-0.25, -0.2) is 4.99 Å². The Kier molecular flexibility index (Phi) is 4.73. The van der Waals surface area contributed by atoms with E-state index in [1.54, 1.807) is 0 Å². The highest BCUT2D eigenvalue weighted by Gasteiger charge is 2.08. The number of hydrogen-bond acceptors (Lipinski definition) is 2. The molecule has 19 heavy (non-hydrogen) atoms. The predicted molar refractivity (Wildman–Crippen MR) is 79.9 cm³/mol. The smallest absolute Gasteiger partial charge is 0.221 e. The van der Waals surface area contributed by atoms with Crippen molar-refractivity contribution in [1.82, 2.24) is 0 Å². The summed E-state index contributed by atoms with van der Waals surface area (Å²) in [4.78, 5) is 4.61. The molecule has 0 aliphatic heterocycles. The van der Waals surface area contributed by atoms with Crippen LogP contribution in [-0.2, 0) is 4.74 Å². The van der Waals surface area contributed by atoms with Crippen molar-refractivity contribution in [1.29, 1.82) is 0 Å². The molecule has 0 aromatic heterocycles. The molecule has 0 heterocycles. The minimum absolute atomic E-state index is 0.155. The van der Waals surface area contributed by atoms with E-state index in [1.807, 2.05) is 60.7 Å². The highest BCUT2D eigenvalue weighted by Crippen LogP contribution is 2.15. The third-order valence-corrected chi connectivity index (χ3v) is 2.90. The number of nitrogens with zero attached hydrogens (tertiary/aromatic N) is 1. The first-order valence-corrected chi connectivity index (χ1v) is 6.65. The second-order valence-electron chi connectivity index (χ2n) is 4.46. The fourth-order valence-electron chi connectivity index (χ4n) is 1.63. The van der Waals surface area contributed by atoms with Gasteiger partial charge in [0, 0.05) is 5.56 Å². The number of rotatable bonds is 4. The molecule has 0 aliphatic carbocycles. The van der Waals surface area contributed by atoms with Crippen LogP contribution in [-0.4, -0.2) is 12.0 Å². The van der Waals surface area contributed by atoms with Crippen LogP contribution in [0.15, 0.2) is 65.7 Å². The number of aliphatic imine (C=N–C) groups is 1. The van der Waals surface area contributed by atoms with Gasteiger partial charge in [-0.05, 0) is 37.6 Å². The third-order valence-electron chi connectivity index (χ3n) is 2.90. The van der Waals surface area contributed by atoms with Gasteiger partial charge in [0.2, 0.25) is 5.90 Å². The Morgan fingerprint density at radius 3 is 2.16 bits per heavy atom. The van der Waals surface area contributed by atoms with Gasteiger partial charge in [0.05, 0.1) is 11.8 Å². The fraction of sp³-hybridized carbons (Fsp3) is 0.235. The molecule has 2 aromatic rings. The van der Waals surface area contributed by atoms with Crippen molar-refractivity contribution in [2.75, 3.05) is 0 Å². The van der Waals surface area contributed by atoms with Crippen LogP contribution in [0.25, 0.3) is 0 Å². The second kappa shape index (κ2) is 6.74. The molecule has 2 aromatic carbocycles. The highest BCUT2D eigenvalue weighted by atomic mass is 16.5. The average molecular weight is 253 g/mol. The molecule has 0 saturated carbocycles. The van der Waals surface area contributed by atoms with E-state index in [2.05, 4.69) is 18.8 Å². The summed E-state index contributed by atoms with van der Waals surface area (Å²) < 4.78 is 5.94. The zero-order valence-electron chi connectivity index (χ0n) is 11.4. The van der Waals surface area contributed by atoms with E-state index >= 15 is 0 Å². The van der Waals surface area contributed by atoms with Crippen LogP contribution in [0.1, 0.15) is 25.8 Å². The molecule has 2 heteroatoms. The number of hydrogen-bond donors (Lipinski definition) is 0. The van der Waals surface area contributed by atoms with Crippen LogP contribution in [0.2, 0.25) is 0 Å². The van der Waals surface area contributed by atoms with Crippen molar-refractivity contribution in [3.63, 3.8) is 0 Å². The first kappa shape index (κ1) is 13.3. The molecule has 0 radical (unpaired) electrons. The summed E-state index contributed by atoms with van der Waals surface area (Å²) in [6.07, 6.45) is 1.11. The molecule has 0 fully saturated rings.